The summed E-state index contributed by atoms with van der Waals surface area (Å²) in [5.41, 5.74) is 2.41. The average molecular weight is 325 g/mol. The molecule has 0 aliphatic carbocycles. The molecule has 7 heteroatoms. The molecule has 1 aliphatic rings. The molecule has 124 valence electrons. The average Bonchev–Trinajstić information content (AvgIpc) is 3.18. The van der Waals surface area contributed by atoms with E-state index in [4.69, 9.17) is 4.52 Å². The van der Waals surface area contributed by atoms with Crippen LogP contribution < -0.4 is 0 Å². The van der Waals surface area contributed by atoms with Gasteiger partial charge in [0.25, 0.3) is 5.91 Å². The van der Waals surface area contributed by atoms with Crippen molar-refractivity contribution in [3.05, 3.63) is 47.5 Å². The Kier molecular flexibility index (Phi) is 3.55. The van der Waals surface area contributed by atoms with Gasteiger partial charge in [0.05, 0.1) is 11.3 Å². The minimum atomic E-state index is -0.146. The zero-order valence-electron chi connectivity index (χ0n) is 13.8. The second-order valence-electron chi connectivity index (χ2n) is 6.26. The zero-order chi connectivity index (χ0) is 16.7. The fraction of sp³-hybridized carbons (Fsp3) is 0.412. The van der Waals surface area contributed by atoms with Crippen molar-refractivity contribution >= 4 is 11.6 Å². The highest BCUT2D eigenvalue weighted by molar-refractivity contribution is 5.94. The molecule has 1 saturated heterocycles. The third-order valence-corrected chi connectivity index (χ3v) is 4.41. The Morgan fingerprint density at radius 1 is 1.21 bits per heavy atom. The van der Waals surface area contributed by atoms with Crippen molar-refractivity contribution in [2.24, 2.45) is 0 Å². The highest BCUT2D eigenvalue weighted by Gasteiger charge is 2.32. The van der Waals surface area contributed by atoms with Crippen LogP contribution in [-0.2, 0) is 0 Å². The number of carbonyl (C=O) groups is 1. The molecule has 3 aromatic rings. The minimum Gasteiger partial charge on any atom is -0.337 e. The number of aromatic nitrogens is 4. The van der Waals surface area contributed by atoms with Crippen LogP contribution >= 0.6 is 0 Å². The molecule has 4 heterocycles. The number of amides is 1. The highest BCUT2D eigenvalue weighted by atomic mass is 16.5. The van der Waals surface area contributed by atoms with Crippen LogP contribution in [0.25, 0.3) is 5.65 Å². The van der Waals surface area contributed by atoms with Crippen LogP contribution in [0.1, 0.15) is 53.1 Å². The molecule has 1 amide bonds. The van der Waals surface area contributed by atoms with Crippen molar-refractivity contribution in [2.75, 3.05) is 6.54 Å². The van der Waals surface area contributed by atoms with Gasteiger partial charge in [0, 0.05) is 18.9 Å². The number of rotatable bonds is 2. The van der Waals surface area contributed by atoms with Gasteiger partial charge in [-0.15, -0.1) is 0 Å². The number of imidazole rings is 1. The lowest BCUT2D eigenvalue weighted by Crippen LogP contribution is -2.38. The Morgan fingerprint density at radius 2 is 2.08 bits per heavy atom. The number of carbonyl (C=O) groups excluding carboxylic acids is 1. The fourth-order valence-corrected chi connectivity index (χ4v) is 3.29. The second-order valence-corrected chi connectivity index (χ2v) is 6.26. The Bertz CT molecular complexity index is 897. The number of hydrogen-bond donors (Lipinski definition) is 0. The van der Waals surface area contributed by atoms with Gasteiger partial charge in [0.2, 0.25) is 5.89 Å². The van der Waals surface area contributed by atoms with Gasteiger partial charge in [0.15, 0.2) is 5.82 Å². The molecule has 3 aromatic heterocycles. The first-order valence-corrected chi connectivity index (χ1v) is 8.18. The van der Waals surface area contributed by atoms with E-state index in [-0.39, 0.29) is 11.9 Å². The molecule has 1 atom stereocenters. The maximum Gasteiger partial charge on any atom is 0.256 e. The molecule has 0 N–H and O–H groups in total. The smallest absolute Gasteiger partial charge is 0.256 e. The van der Waals surface area contributed by atoms with Gasteiger partial charge in [0.1, 0.15) is 11.7 Å². The first-order valence-electron chi connectivity index (χ1n) is 8.18. The number of piperidine rings is 1. The third kappa shape index (κ3) is 2.55. The van der Waals surface area contributed by atoms with Gasteiger partial charge in [-0.1, -0.05) is 5.16 Å². The number of fused-ring (bicyclic) bond motifs is 1. The topological polar surface area (TPSA) is 76.5 Å². The summed E-state index contributed by atoms with van der Waals surface area (Å²) in [6.07, 6.45) is 6.64. The van der Waals surface area contributed by atoms with Gasteiger partial charge >= 0.3 is 0 Å². The number of aryl methyl sites for hydroxylation is 2. The summed E-state index contributed by atoms with van der Waals surface area (Å²) in [5.74, 6) is 1.11. The molecule has 0 aromatic carbocycles. The number of nitrogens with zero attached hydrogens (tertiary/aromatic N) is 5. The molecule has 0 spiro atoms. The molecule has 24 heavy (non-hydrogen) atoms. The predicted molar refractivity (Wildman–Crippen MR) is 86.6 cm³/mol. The normalized spacial score (nSPS) is 18.2. The maximum absolute atomic E-state index is 13.0. The van der Waals surface area contributed by atoms with E-state index in [2.05, 4.69) is 15.1 Å². The van der Waals surface area contributed by atoms with E-state index < -0.39 is 0 Å². The first kappa shape index (κ1) is 14.9. The van der Waals surface area contributed by atoms with Gasteiger partial charge in [-0.25, -0.2) is 4.98 Å². The minimum absolute atomic E-state index is 0.0104. The van der Waals surface area contributed by atoms with E-state index in [1.54, 1.807) is 6.92 Å². The van der Waals surface area contributed by atoms with Crippen molar-refractivity contribution in [3.8, 4) is 0 Å². The second kappa shape index (κ2) is 5.74. The zero-order valence-corrected chi connectivity index (χ0v) is 13.8. The predicted octanol–water partition coefficient (Wildman–Crippen LogP) is 2.70. The standard InChI is InChI=1S/C17H19N5O2/c1-11-9-21-10-13(6-7-15(21)18-11)17(23)22-8-4-3-5-14(22)16-19-12(2)20-24-16/h6-7,9-10,14H,3-5,8H2,1-2H3. The quantitative estimate of drug-likeness (QED) is 0.724. The monoisotopic (exact) mass is 325 g/mol. The lowest BCUT2D eigenvalue weighted by Gasteiger charge is -2.33. The van der Waals surface area contributed by atoms with E-state index in [0.717, 1.165) is 30.6 Å². The molecule has 1 fully saturated rings. The highest BCUT2D eigenvalue weighted by Crippen LogP contribution is 2.31. The SMILES string of the molecule is Cc1cn2cc(C(=O)N3CCCCC3c3nc(C)no3)ccc2n1. The van der Waals surface area contributed by atoms with Gasteiger partial charge in [-0.05, 0) is 45.2 Å². The number of pyridine rings is 1. The van der Waals surface area contributed by atoms with Crippen LogP contribution in [0.2, 0.25) is 0 Å². The lowest BCUT2D eigenvalue weighted by molar-refractivity contribution is 0.0561. The molecular weight excluding hydrogens is 306 g/mol. The lowest BCUT2D eigenvalue weighted by atomic mass is 10.0. The van der Waals surface area contributed by atoms with Crippen LogP contribution in [0.3, 0.4) is 0 Å². The van der Waals surface area contributed by atoms with E-state index in [9.17, 15) is 4.79 Å². The Hall–Kier alpha value is -2.70. The third-order valence-electron chi connectivity index (χ3n) is 4.41. The van der Waals surface area contributed by atoms with Crippen LogP contribution in [-0.4, -0.2) is 36.9 Å². The summed E-state index contributed by atoms with van der Waals surface area (Å²) < 4.78 is 7.21. The number of hydrogen-bond acceptors (Lipinski definition) is 5. The summed E-state index contributed by atoms with van der Waals surface area (Å²) in [6.45, 7) is 4.43. The Balaban J connectivity index is 1.67. The van der Waals surface area contributed by atoms with Crippen molar-refractivity contribution in [3.63, 3.8) is 0 Å². The van der Waals surface area contributed by atoms with Crippen molar-refractivity contribution in [2.45, 2.75) is 39.2 Å². The molecular formula is C17H19N5O2. The first-order chi connectivity index (χ1) is 11.6. The summed E-state index contributed by atoms with van der Waals surface area (Å²) >= 11 is 0. The summed E-state index contributed by atoms with van der Waals surface area (Å²) in [4.78, 5) is 23.6. The van der Waals surface area contributed by atoms with Gasteiger partial charge in [-0.3, -0.25) is 4.79 Å². The van der Waals surface area contributed by atoms with E-state index in [1.165, 1.54) is 0 Å². The molecule has 0 radical (unpaired) electrons. The van der Waals surface area contributed by atoms with Crippen molar-refractivity contribution in [1.82, 2.24) is 24.4 Å². The van der Waals surface area contributed by atoms with Crippen LogP contribution in [0, 0.1) is 13.8 Å². The fourth-order valence-electron chi connectivity index (χ4n) is 3.29. The largest absolute Gasteiger partial charge is 0.337 e. The van der Waals surface area contributed by atoms with Gasteiger partial charge < -0.3 is 13.8 Å². The maximum atomic E-state index is 13.0. The van der Waals surface area contributed by atoms with E-state index >= 15 is 0 Å². The van der Waals surface area contributed by atoms with E-state index in [0.29, 0.717) is 23.8 Å². The van der Waals surface area contributed by atoms with E-state index in [1.807, 2.05) is 40.8 Å². The molecule has 7 nitrogen and oxygen atoms in total. The van der Waals surface area contributed by atoms with Crippen molar-refractivity contribution in [1.29, 1.82) is 0 Å². The number of likely N-dealkylation sites (tertiary alicyclic amines) is 1. The Labute approximate surface area is 139 Å². The van der Waals surface area contributed by atoms with Crippen LogP contribution in [0.5, 0.6) is 0 Å². The summed E-state index contributed by atoms with van der Waals surface area (Å²) in [6, 6.07) is 3.55. The molecule has 0 bridgehead atoms. The molecule has 1 aliphatic heterocycles. The van der Waals surface area contributed by atoms with Crippen LogP contribution in [0.4, 0.5) is 0 Å². The Morgan fingerprint density at radius 3 is 2.88 bits per heavy atom. The summed E-state index contributed by atoms with van der Waals surface area (Å²) in [7, 11) is 0. The van der Waals surface area contributed by atoms with Crippen molar-refractivity contribution < 1.29 is 9.32 Å². The van der Waals surface area contributed by atoms with Gasteiger partial charge in [-0.2, -0.15) is 4.98 Å². The molecule has 1 unspecified atom stereocenters. The van der Waals surface area contributed by atoms with Crippen LogP contribution in [0.15, 0.2) is 29.0 Å². The summed E-state index contributed by atoms with van der Waals surface area (Å²) in [5, 5.41) is 3.87. The molecule has 4 rings (SSSR count). The molecule has 0 saturated carbocycles.